The van der Waals surface area contributed by atoms with Crippen LogP contribution in [0.4, 0.5) is 5.82 Å². The molecule has 1 fully saturated rings. The zero-order chi connectivity index (χ0) is 23.4. The summed E-state index contributed by atoms with van der Waals surface area (Å²) < 4.78 is 26.8. The van der Waals surface area contributed by atoms with E-state index >= 15 is 0 Å². The zero-order valence-electron chi connectivity index (χ0n) is 18.2. The van der Waals surface area contributed by atoms with Crippen molar-refractivity contribution in [2.24, 2.45) is 11.1 Å². The van der Waals surface area contributed by atoms with Crippen LogP contribution in [0.1, 0.15) is 58.5 Å². The molecule has 1 aromatic carbocycles. The van der Waals surface area contributed by atoms with Crippen molar-refractivity contribution in [3.8, 4) is 0 Å². The Morgan fingerprint density at radius 2 is 2.06 bits per heavy atom. The minimum atomic E-state index is -3.94. The fourth-order valence-corrected chi connectivity index (χ4v) is 5.46. The lowest BCUT2D eigenvalue weighted by atomic mass is 9.95. The van der Waals surface area contributed by atoms with Gasteiger partial charge in [0.05, 0.1) is 17.0 Å². The van der Waals surface area contributed by atoms with Crippen LogP contribution < -0.4 is 10.5 Å². The average Bonchev–Trinajstić information content (AvgIpc) is 3.47. The van der Waals surface area contributed by atoms with E-state index in [1.165, 1.54) is 29.4 Å². The summed E-state index contributed by atoms with van der Waals surface area (Å²) in [6.07, 6.45) is 5.26. The van der Waals surface area contributed by atoms with Crippen LogP contribution in [0.15, 0.2) is 54.3 Å². The van der Waals surface area contributed by atoms with E-state index in [0.29, 0.717) is 22.7 Å². The molecule has 1 aliphatic rings. The van der Waals surface area contributed by atoms with E-state index in [2.05, 4.69) is 34.3 Å². The third kappa shape index (κ3) is 6.02. The normalized spacial score (nSPS) is 19.3. The van der Waals surface area contributed by atoms with Gasteiger partial charge in [-0.2, -0.15) is 8.42 Å². The second-order valence-electron chi connectivity index (χ2n) is 8.29. The molecule has 0 bridgehead atoms. The number of rotatable bonds is 9. The third-order valence-electron chi connectivity index (χ3n) is 5.95. The molecule has 3 atom stereocenters. The molecule has 1 aliphatic carbocycles. The topological polar surface area (TPSA) is 124 Å². The second-order valence-corrected chi connectivity index (χ2v) is 10.4. The molecule has 1 unspecified atom stereocenters. The number of aromatic nitrogens is 2. The van der Waals surface area contributed by atoms with Gasteiger partial charge in [-0.15, -0.1) is 11.3 Å². The molecule has 33 heavy (non-hydrogen) atoms. The van der Waals surface area contributed by atoms with Gasteiger partial charge < -0.3 is 5.32 Å². The van der Waals surface area contributed by atoms with Crippen molar-refractivity contribution in [2.75, 3.05) is 11.9 Å². The first-order chi connectivity index (χ1) is 15.8. The minimum Gasteiger partial charge on any atom is -0.367 e. The molecule has 2 aromatic heterocycles. The van der Waals surface area contributed by atoms with E-state index in [9.17, 15) is 13.2 Å². The van der Waals surface area contributed by atoms with Crippen molar-refractivity contribution >= 4 is 33.2 Å². The summed E-state index contributed by atoms with van der Waals surface area (Å²) in [5, 5.41) is 10.3. The van der Waals surface area contributed by atoms with Gasteiger partial charge in [-0.1, -0.05) is 37.3 Å². The molecule has 0 amide bonds. The van der Waals surface area contributed by atoms with Crippen molar-refractivity contribution < 1.29 is 17.4 Å². The number of hydrogen-bond donors (Lipinski definition) is 2. The maximum atomic E-state index is 13.3. The van der Waals surface area contributed by atoms with Crippen LogP contribution in [-0.4, -0.2) is 36.8 Å². The van der Waals surface area contributed by atoms with Crippen LogP contribution in [0.3, 0.4) is 0 Å². The standard InChI is InChI=1S/C23H26N4O4S2/c1-15(17-5-3-2-4-6-17)18-10-21(32-13-18)22(28)20-11-25-14-26-23(20)27-19-8-7-16(9-19)12-31-33(24,29)30/h2-6,10-11,13-16,19H,7-9,12H2,1H3,(H2,24,29,30)(H,25,26,27)/t15?,16-,19+/m1/s1. The van der Waals surface area contributed by atoms with Crippen molar-refractivity contribution in [3.05, 3.63) is 75.9 Å². The number of anilines is 1. The first-order valence-corrected chi connectivity index (χ1v) is 13.1. The maximum absolute atomic E-state index is 13.3. The smallest absolute Gasteiger partial charge is 0.333 e. The molecule has 0 spiro atoms. The Labute approximate surface area is 197 Å². The molecule has 10 heteroatoms. The van der Waals surface area contributed by atoms with Gasteiger partial charge in [-0.3, -0.25) is 8.98 Å². The third-order valence-corrected chi connectivity index (χ3v) is 7.36. The highest BCUT2D eigenvalue weighted by Crippen LogP contribution is 2.32. The van der Waals surface area contributed by atoms with Gasteiger partial charge in [0.25, 0.3) is 0 Å². The molecule has 3 aromatic rings. The van der Waals surface area contributed by atoms with Crippen LogP contribution in [0.5, 0.6) is 0 Å². The summed E-state index contributed by atoms with van der Waals surface area (Å²) in [6, 6.07) is 12.2. The average molecular weight is 487 g/mol. The molecule has 0 radical (unpaired) electrons. The summed E-state index contributed by atoms with van der Waals surface area (Å²) in [5.41, 5.74) is 2.71. The fourth-order valence-electron chi connectivity index (χ4n) is 4.12. The Hall–Kier alpha value is -2.66. The van der Waals surface area contributed by atoms with E-state index in [4.69, 9.17) is 9.32 Å². The Morgan fingerprint density at radius 3 is 2.82 bits per heavy atom. The molecule has 2 heterocycles. The molecule has 4 rings (SSSR count). The second kappa shape index (κ2) is 10.1. The monoisotopic (exact) mass is 486 g/mol. The molecular formula is C23H26N4O4S2. The van der Waals surface area contributed by atoms with Gasteiger partial charge >= 0.3 is 10.3 Å². The van der Waals surface area contributed by atoms with Crippen molar-refractivity contribution in [2.45, 2.75) is 38.1 Å². The van der Waals surface area contributed by atoms with Crippen LogP contribution >= 0.6 is 11.3 Å². The molecule has 0 saturated heterocycles. The number of hydrogen-bond acceptors (Lipinski definition) is 8. The predicted molar refractivity (Wildman–Crippen MR) is 128 cm³/mol. The SMILES string of the molecule is CC(c1ccccc1)c1csc(C(=O)c2cncnc2N[C@H]2CC[C@@H](COS(N)(=O)=O)C2)c1. The summed E-state index contributed by atoms with van der Waals surface area (Å²) in [6.45, 7) is 2.19. The number of carbonyl (C=O) groups is 1. The Kier molecular flexibility index (Phi) is 7.18. The maximum Gasteiger partial charge on any atom is 0.333 e. The van der Waals surface area contributed by atoms with Crippen molar-refractivity contribution in [3.63, 3.8) is 0 Å². The summed E-state index contributed by atoms with van der Waals surface area (Å²) in [7, 11) is -3.94. The van der Waals surface area contributed by atoms with E-state index < -0.39 is 10.3 Å². The molecule has 174 valence electrons. The summed E-state index contributed by atoms with van der Waals surface area (Å²) in [4.78, 5) is 22.3. The minimum absolute atomic E-state index is 0.0533. The lowest BCUT2D eigenvalue weighted by molar-refractivity contribution is 0.104. The van der Waals surface area contributed by atoms with E-state index in [1.807, 2.05) is 29.6 Å². The van der Waals surface area contributed by atoms with Gasteiger partial charge in [0.1, 0.15) is 12.1 Å². The van der Waals surface area contributed by atoms with Crippen molar-refractivity contribution in [1.29, 1.82) is 0 Å². The first-order valence-electron chi connectivity index (χ1n) is 10.7. The van der Waals surface area contributed by atoms with Gasteiger partial charge in [-0.05, 0) is 47.8 Å². The van der Waals surface area contributed by atoms with Gasteiger partial charge in [0.15, 0.2) is 0 Å². The number of benzene rings is 1. The highest BCUT2D eigenvalue weighted by atomic mass is 32.2. The van der Waals surface area contributed by atoms with Crippen LogP contribution in [-0.2, 0) is 14.5 Å². The Balaban J connectivity index is 1.45. The number of thiophene rings is 1. The zero-order valence-corrected chi connectivity index (χ0v) is 19.8. The number of carbonyl (C=O) groups excluding carboxylic acids is 1. The Bertz CT molecular complexity index is 1210. The fraction of sp³-hybridized carbons (Fsp3) is 0.348. The van der Waals surface area contributed by atoms with E-state index in [0.717, 1.165) is 18.4 Å². The molecule has 3 N–H and O–H groups in total. The van der Waals surface area contributed by atoms with E-state index in [-0.39, 0.29) is 30.3 Å². The highest BCUT2D eigenvalue weighted by molar-refractivity contribution is 7.84. The Morgan fingerprint density at radius 1 is 1.27 bits per heavy atom. The number of ketones is 1. The lowest BCUT2D eigenvalue weighted by Gasteiger charge is -2.15. The summed E-state index contributed by atoms with van der Waals surface area (Å²) in [5.74, 6) is 0.616. The summed E-state index contributed by atoms with van der Waals surface area (Å²) >= 11 is 1.42. The van der Waals surface area contributed by atoms with E-state index in [1.54, 1.807) is 0 Å². The van der Waals surface area contributed by atoms with Crippen LogP contribution in [0.25, 0.3) is 0 Å². The predicted octanol–water partition coefficient (Wildman–Crippen LogP) is 3.72. The first kappa shape index (κ1) is 23.5. The molecule has 0 aliphatic heterocycles. The van der Waals surface area contributed by atoms with Gasteiger partial charge in [0.2, 0.25) is 5.78 Å². The number of nitrogens with one attached hydrogen (secondary N) is 1. The molecule has 8 nitrogen and oxygen atoms in total. The quantitative estimate of drug-likeness (QED) is 0.442. The number of nitrogens with zero attached hydrogens (tertiary/aromatic N) is 2. The molecular weight excluding hydrogens is 460 g/mol. The highest BCUT2D eigenvalue weighted by Gasteiger charge is 2.28. The van der Waals surface area contributed by atoms with Crippen molar-refractivity contribution in [1.82, 2.24) is 9.97 Å². The van der Waals surface area contributed by atoms with Crippen LogP contribution in [0.2, 0.25) is 0 Å². The lowest BCUT2D eigenvalue weighted by Crippen LogP contribution is -2.22. The molecule has 1 saturated carbocycles. The number of nitrogens with two attached hydrogens (primary N) is 1. The van der Waals surface area contributed by atoms with Gasteiger partial charge in [-0.25, -0.2) is 15.1 Å². The van der Waals surface area contributed by atoms with Gasteiger partial charge in [0, 0.05) is 18.2 Å². The van der Waals surface area contributed by atoms with Crippen LogP contribution in [0, 0.1) is 5.92 Å². The largest absolute Gasteiger partial charge is 0.367 e.